The van der Waals surface area contributed by atoms with Gasteiger partial charge in [0.05, 0.1) is 17.8 Å². The number of aryl methyl sites for hydroxylation is 3. The van der Waals surface area contributed by atoms with Gasteiger partial charge in [-0.2, -0.15) is 0 Å². The summed E-state index contributed by atoms with van der Waals surface area (Å²) >= 11 is 1.47. The predicted octanol–water partition coefficient (Wildman–Crippen LogP) is 2.63. The zero-order chi connectivity index (χ0) is 15.4. The van der Waals surface area contributed by atoms with E-state index in [1.807, 2.05) is 32.9 Å². The summed E-state index contributed by atoms with van der Waals surface area (Å²) in [7, 11) is 0. The first kappa shape index (κ1) is 15.2. The van der Waals surface area contributed by atoms with Crippen LogP contribution in [0.25, 0.3) is 0 Å². The van der Waals surface area contributed by atoms with Crippen molar-refractivity contribution in [1.82, 2.24) is 4.98 Å². The van der Waals surface area contributed by atoms with E-state index in [2.05, 4.69) is 22.1 Å². The molecule has 3 N–H and O–H groups in total. The number of nitrogens with two attached hydrogens (primary N) is 1. The second kappa shape index (κ2) is 6.53. The topological polar surface area (TPSA) is 68.0 Å². The van der Waals surface area contributed by atoms with E-state index in [4.69, 9.17) is 5.73 Å². The minimum absolute atomic E-state index is 0.204. The molecule has 0 spiro atoms. The van der Waals surface area contributed by atoms with Crippen LogP contribution in [0, 0.1) is 32.6 Å². The van der Waals surface area contributed by atoms with Crippen molar-refractivity contribution in [3.8, 4) is 11.8 Å². The fourth-order valence-electron chi connectivity index (χ4n) is 1.80. The number of benzene rings is 1. The molecule has 0 fully saturated rings. The normalized spacial score (nSPS) is 9.90. The molecular formula is C16H17N3OS. The average molecular weight is 299 g/mol. The Kier molecular flexibility index (Phi) is 4.73. The van der Waals surface area contributed by atoms with Gasteiger partial charge in [0, 0.05) is 10.4 Å². The van der Waals surface area contributed by atoms with Gasteiger partial charge in [-0.15, -0.1) is 11.3 Å². The predicted molar refractivity (Wildman–Crippen MR) is 86.7 cm³/mol. The molecule has 0 saturated carbocycles. The first-order valence-electron chi connectivity index (χ1n) is 6.56. The summed E-state index contributed by atoms with van der Waals surface area (Å²) in [4.78, 5) is 17.8. The molecule has 21 heavy (non-hydrogen) atoms. The van der Waals surface area contributed by atoms with E-state index in [9.17, 15) is 4.79 Å². The van der Waals surface area contributed by atoms with E-state index in [0.29, 0.717) is 16.3 Å². The third-order valence-corrected chi connectivity index (χ3v) is 3.98. The molecule has 0 bridgehead atoms. The van der Waals surface area contributed by atoms with Crippen LogP contribution in [0.5, 0.6) is 0 Å². The first-order chi connectivity index (χ1) is 10.0. The molecule has 1 aromatic heterocycles. The smallest absolute Gasteiger partial charge is 0.258 e. The number of hydrogen-bond donors (Lipinski definition) is 2. The van der Waals surface area contributed by atoms with Gasteiger partial charge in [0.25, 0.3) is 5.91 Å². The lowest BCUT2D eigenvalue weighted by Crippen LogP contribution is -2.13. The van der Waals surface area contributed by atoms with E-state index in [-0.39, 0.29) is 12.5 Å². The van der Waals surface area contributed by atoms with Gasteiger partial charge in [-0.05, 0) is 38.5 Å². The standard InChI is InChI=1S/C16H17N3OS/c1-10-6-7-14(13(9-10)5-4-8-17)15(20)19-16-18-11(2)12(3)21-16/h6-7,9H,8,17H2,1-3H3,(H,18,19,20). The van der Waals surface area contributed by atoms with Gasteiger partial charge >= 0.3 is 0 Å². The minimum Gasteiger partial charge on any atom is -0.320 e. The minimum atomic E-state index is -0.204. The van der Waals surface area contributed by atoms with Crippen LogP contribution in [-0.2, 0) is 0 Å². The highest BCUT2D eigenvalue weighted by Gasteiger charge is 2.13. The van der Waals surface area contributed by atoms with Crippen LogP contribution >= 0.6 is 11.3 Å². The van der Waals surface area contributed by atoms with Gasteiger partial charge in [-0.25, -0.2) is 4.98 Å². The largest absolute Gasteiger partial charge is 0.320 e. The molecule has 1 amide bonds. The third-order valence-electron chi connectivity index (χ3n) is 2.99. The highest BCUT2D eigenvalue weighted by atomic mass is 32.1. The number of aromatic nitrogens is 1. The van der Waals surface area contributed by atoms with E-state index < -0.39 is 0 Å². The lowest BCUT2D eigenvalue weighted by molar-refractivity contribution is 0.102. The molecule has 1 aromatic carbocycles. The number of nitrogens with one attached hydrogen (secondary N) is 1. The number of anilines is 1. The Labute approximate surface area is 128 Å². The van der Waals surface area contributed by atoms with Gasteiger partial charge < -0.3 is 5.73 Å². The van der Waals surface area contributed by atoms with E-state index in [0.717, 1.165) is 16.1 Å². The van der Waals surface area contributed by atoms with Crippen molar-refractivity contribution in [3.05, 3.63) is 45.5 Å². The third kappa shape index (κ3) is 3.69. The molecule has 2 aromatic rings. The molecule has 1 heterocycles. The molecule has 108 valence electrons. The van der Waals surface area contributed by atoms with Crippen LogP contribution in [0.3, 0.4) is 0 Å². The van der Waals surface area contributed by atoms with E-state index >= 15 is 0 Å². The summed E-state index contributed by atoms with van der Waals surface area (Å²) in [5.74, 6) is 5.53. The average Bonchev–Trinajstić information content (AvgIpc) is 2.74. The van der Waals surface area contributed by atoms with Crippen molar-refractivity contribution in [2.75, 3.05) is 11.9 Å². The van der Waals surface area contributed by atoms with E-state index in [1.54, 1.807) is 6.07 Å². The maximum absolute atomic E-state index is 12.4. The summed E-state index contributed by atoms with van der Waals surface area (Å²) in [6.07, 6.45) is 0. The van der Waals surface area contributed by atoms with Crippen LogP contribution in [0.15, 0.2) is 18.2 Å². The fourth-order valence-corrected chi connectivity index (χ4v) is 2.61. The van der Waals surface area contributed by atoms with Crippen LogP contribution in [0.2, 0.25) is 0 Å². The van der Waals surface area contributed by atoms with Crippen molar-refractivity contribution in [3.63, 3.8) is 0 Å². The molecule has 0 radical (unpaired) electrons. The highest BCUT2D eigenvalue weighted by molar-refractivity contribution is 7.15. The van der Waals surface area contributed by atoms with Gasteiger partial charge in [0.1, 0.15) is 0 Å². The molecule has 5 heteroatoms. The van der Waals surface area contributed by atoms with Crippen LogP contribution in [-0.4, -0.2) is 17.4 Å². The van der Waals surface area contributed by atoms with Crippen LogP contribution in [0.1, 0.15) is 32.1 Å². The quantitative estimate of drug-likeness (QED) is 0.838. The van der Waals surface area contributed by atoms with Gasteiger partial charge in [0.2, 0.25) is 0 Å². The molecular weight excluding hydrogens is 282 g/mol. The lowest BCUT2D eigenvalue weighted by Gasteiger charge is -2.05. The Morgan fingerprint density at radius 2 is 2.14 bits per heavy atom. The van der Waals surface area contributed by atoms with E-state index in [1.165, 1.54) is 11.3 Å². The number of rotatable bonds is 2. The van der Waals surface area contributed by atoms with Crippen molar-refractivity contribution in [2.24, 2.45) is 5.73 Å². The Morgan fingerprint density at radius 1 is 1.38 bits per heavy atom. The van der Waals surface area contributed by atoms with Crippen molar-refractivity contribution in [1.29, 1.82) is 0 Å². The van der Waals surface area contributed by atoms with Crippen LogP contribution < -0.4 is 11.1 Å². The maximum Gasteiger partial charge on any atom is 0.258 e. The van der Waals surface area contributed by atoms with Crippen LogP contribution in [0.4, 0.5) is 5.13 Å². The highest BCUT2D eigenvalue weighted by Crippen LogP contribution is 2.22. The lowest BCUT2D eigenvalue weighted by atomic mass is 10.0. The second-order valence-corrected chi connectivity index (χ2v) is 5.87. The molecule has 0 unspecified atom stereocenters. The number of thiazole rings is 1. The summed E-state index contributed by atoms with van der Waals surface area (Å²) in [5.41, 5.74) is 8.60. The molecule has 4 nitrogen and oxygen atoms in total. The zero-order valence-electron chi connectivity index (χ0n) is 12.3. The van der Waals surface area contributed by atoms with Crippen molar-refractivity contribution >= 4 is 22.4 Å². The monoisotopic (exact) mass is 299 g/mol. The van der Waals surface area contributed by atoms with Crippen molar-refractivity contribution in [2.45, 2.75) is 20.8 Å². The Morgan fingerprint density at radius 3 is 2.76 bits per heavy atom. The molecule has 0 aliphatic carbocycles. The zero-order valence-corrected chi connectivity index (χ0v) is 13.1. The summed E-state index contributed by atoms with van der Waals surface area (Å²) < 4.78 is 0. The maximum atomic E-state index is 12.4. The van der Waals surface area contributed by atoms with Gasteiger partial charge in [0.15, 0.2) is 5.13 Å². The molecule has 0 aliphatic heterocycles. The summed E-state index contributed by atoms with van der Waals surface area (Å²) in [6.45, 7) is 6.13. The summed E-state index contributed by atoms with van der Waals surface area (Å²) in [6, 6.07) is 5.55. The summed E-state index contributed by atoms with van der Waals surface area (Å²) in [5, 5.41) is 3.43. The van der Waals surface area contributed by atoms with Gasteiger partial charge in [-0.3, -0.25) is 10.1 Å². The Hall–Kier alpha value is -2.16. The van der Waals surface area contributed by atoms with Gasteiger partial charge in [-0.1, -0.05) is 17.9 Å². The fraction of sp³-hybridized carbons (Fsp3) is 0.250. The first-order valence-corrected chi connectivity index (χ1v) is 7.38. The Bertz CT molecular complexity index is 718. The molecule has 0 saturated heterocycles. The number of carbonyl (C=O) groups is 1. The number of amides is 1. The number of carbonyl (C=O) groups excluding carboxylic acids is 1. The molecule has 2 rings (SSSR count). The Balaban J connectivity index is 2.30. The van der Waals surface area contributed by atoms with Crippen molar-refractivity contribution < 1.29 is 4.79 Å². The molecule has 0 atom stereocenters. The second-order valence-electron chi connectivity index (χ2n) is 4.67. The number of hydrogen-bond acceptors (Lipinski definition) is 4. The SMILES string of the molecule is Cc1ccc(C(=O)Nc2nc(C)c(C)s2)c(C#CCN)c1. The number of nitrogens with zero attached hydrogens (tertiary/aromatic N) is 1. The molecule has 0 aliphatic rings.